The Bertz CT molecular complexity index is 869. The molecule has 0 fully saturated rings. The maximum absolute atomic E-state index is 12.4. The van der Waals surface area contributed by atoms with Crippen LogP contribution in [0.3, 0.4) is 0 Å². The molecule has 0 saturated heterocycles. The van der Waals surface area contributed by atoms with Crippen LogP contribution in [-0.2, 0) is 13.0 Å². The van der Waals surface area contributed by atoms with Crippen LogP contribution >= 0.6 is 22.7 Å². The van der Waals surface area contributed by atoms with Gasteiger partial charge < -0.3 is 9.32 Å². The molecule has 24 heavy (non-hydrogen) atoms. The van der Waals surface area contributed by atoms with Crippen molar-refractivity contribution in [2.45, 2.75) is 13.0 Å². The molecule has 0 radical (unpaired) electrons. The van der Waals surface area contributed by atoms with Crippen molar-refractivity contribution >= 4 is 39.6 Å². The first-order valence-electron chi connectivity index (χ1n) is 7.37. The van der Waals surface area contributed by atoms with E-state index in [9.17, 15) is 9.59 Å². The summed E-state index contributed by atoms with van der Waals surface area (Å²) in [4.78, 5) is 32.3. The van der Waals surface area contributed by atoms with Crippen LogP contribution in [0.5, 0.6) is 0 Å². The lowest BCUT2D eigenvalue weighted by atomic mass is 10.1. The quantitative estimate of drug-likeness (QED) is 0.779. The molecule has 2 amide bonds. The number of aromatic nitrogens is 1. The molecule has 0 atom stereocenters. The fourth-order valence-electron chi connectivity index (χ4n) is 2.54. The Labute approximate surface area is 145 Å². The van der Waals surface area contributed by atoms with Gasteiger partial charge in [0.25, 0.3) is 11.8 Å². The molecule has 3 aromatic heterocycles. The second kappa shape index (κ2) is 6.21. The van der Waals surface area contributed by atoms with E-state index in [0.29, 0.717) is 35.3 Å². The maximum Gasteiger partial charge on any atom is 0.289 e. The van der Waals surface area contributed by atoms with Crippen molar-refractivity contribution in [1.29, 1.82) is 0 Å². The Hall–Kier alpha value is -2.45. The lowest BCUT2D eigenvalue weighted by Gasteiger charge is -2.25. The van der Waals surface area contributed by atoms with Gasteiger partial charge in [-0.3, -0.25) is 14.9 Å². The van der Waals surface area contributed by atoms with Gasteiger partial charge in [0.05, 0.1) is 23.4 Å². The van der Waals surface area contributed by atoms with Crippen molar-refractivity contribution in [2.24, 2.45) is 0 Å². The zero-order valence-electron chi connectivity index (χ0n) is 12.5. The molecule has 1 aliphatic rings. The molecule has 0 spiro atoms. The summed E-state index contributed by atoms with van der Waals surface area (Å²) in [5.41, 5.74) is 0.949. The lowest BCUT2D eigenvalue weighted by molar-refractivity contribution is 0.0704. The topological polar surface area (TPSA) is 75.4 Å². The number of anilines is 1. The number of amides is 2. The van der Waals surface area contributed by atoms with Crippen LogP contribution < -0.4 is 5.32 Å². The highest BCUT2D eigenvalue weighted by atomic mass is 32.1. The van der Waals surface area contributed by atoms with E-state index in [1.165, 1.54) is 28.9 Å². The van der Waals surface area contributed by atoms with Crippen molar-refractivity contribution < 1.29 is 14.0 Å². The van der Waals surface area contributed by atoms with E-state index in [1.807, 2.05) is 11.4 Å². The summed E-state index contributed by atoms with van der Waals surface area (Å²) in [5, 5.41) is 5.27. The minimum absolute atomic E-state index is 0.122. The third kappa shape index (κ3) is 2.85. The van der Waals surface area contributed by atoms with Gasteiger partial charge in [-0.1, -0.05) is 17.4 Å². The molecular formula is C16H13N3O3S2. The van der Waals surface area contributed by atoms with Crippen LogP contribution in [0.2, 0.25) is 0 Å². The first-order chi connectivity index (χ1) is 11.7. The molecule has 0 bridgehead atoms. The van der Waals surface area contributed by atoms with Crippen LogP contribution in [0.1, 0.15) is 30.8 Å². The molecule has 6 nitrogen and oxygen atoms in total. The molecule has 4 heterocycles. The third-order valence-corrected chi connectivity index (χ3v) is 5.58. The highest BCUT2D eigenvalue weighted by Gasteiger charge is 2.26. The smallest absolute Gasteiger partial charge is 0.289 e. The standard InChI is InChI=1S/C16H13N3O3S2/c20-14(12-4-2-8-23-12)18-16-17-10-5-6-19(9-13(10)24-16)15(21)11-3-1-7-22-11/h1-4,7-8H,5-6,9H2,(H,17,18,20). The molecule has 1 aliphatic heterocycles. The number of fused-ring (bicyclic) bond motifs is 1. The Morgan fingerprint density at radius 2 is 2.21 bits per heavy atom. The van der Waals surface area contributed by atoms with Crippen molar-refractivity contribution in [3.05, 3.63) is 57.1 Å². The van der Waals surface area contributed by atoms with Gasteiger partial charge in [0.2, 0.25) is 0 Å². The van der Waals surface area contributed by atoms with Gasteiger partial charge in [-0.05, 0) is 23.6 Å². The Morgan fingerprint density at radius 3 is 2.96 bits per heavy atom. The molecule has 0 aromatic carbocycles. The van der Waals surface area contributed by atoms with Gasteiger partial charge >= 0.3 is 0 Å². The average molecular weight is 359 g/mol. The molecule has 1 N–H and O–H groups in total. The van der Waals surface area contributed by atoms with Crippen LogP contribution in [-0.4, -0.2) is 28.2 Å². The number of thiazole rings is 1. The number of carbonyl (C=O) groups excluding carboxylic acids is 2. The molecular weight excluding hydrogens is 346 g/mol. The SMILES string of the molecule is O=C(Nc1nc2c(s1)CN(C(=O)c1ccco1)CC2)c1cccs1. The van der Waals surface area contributed by atoms with E-state index in [0.717, 1.165) is 10.6 Å². The van der Waals surface area contributed by atoms with E-state index in [1.54, 1.807) is 23.1 Å². The number of nitrogens with one attached hydrogen (secondary N) is 1. The van der Waals surface area contributed by atoms with Gasteiger partial charge in [0.1, 0.15) is 0 Å². The van der Waals surface area contributed by atoms with Gasteiger partial charge in [-0.15, -0.1) is 11.3 Å². The van der Waals surface area contributed by atoms with Crippen LogP contribution in [0.15, 0.2) is 40.3 Å². The van der Waals surface area contributed by atoms with Crippen molar-refractivity contribution in [3.8, 4) is 0 Å². The summed E-state index contributed by atoms with van der Waals surface area (Å²) in [7, 11) is 0. The third-order valence-electron chi connectivity index (χ3n) is 3.72. The first kappa shape index (κ1) is 15.1. The molecule has 0 unspecified atom stereocenters. The second-order valence-corrected chi connectivity index (χ2v) is 7.31. The highest BCUT2D eigenvalue weighted by molar-refractivity contribution is 7.16. The van der Waals surface area contributed by atoms with E-state index < -0.39 is 0 Å². The number of thiophene rings is 1. The maximum atomic E-state index is 12.4. The van der Waals surface area contributed by atoms with Crippen molar-refractivity contribution in [3.63, 3.8) is 0 Å². The van der Waals surface area contributed by atoms with Gasteiger partial charge in [-0.25, -0.2) is 4.98 Å². The number of hydrogen-bond acceptors (Lipinski definition) is 6. The monoisotopic (exact) mass is 359 g/mol. The summed E-state index contributed by atoms with van der Waals surface area (Å²) in [6.45, 7) is 1.08. The van der Waals surface area contributed by atoms with Crippen LogP contribution in [0.4, 0.5) is 5.13 Å². The van der Waals surface area contributed by atoms with Crippen molar-refractivity contribution in [1.82, 2.24) is 9.88 Å². The average Bonchev–Trinajstić information content (AvgIpc) is 3.32. The Balaban J connectivity index is 1.48. The minimum Gasteiger partial charge on any atom is -0.459 e. The first-order valence-corrected chi connectivity index (χ1v) is 9.06. The van der Waals surface area contributed by atoms with Crippen molar-refractivity contribution in [2.75, 3.05) is 11.9 Å². The zero-order chi connectivity index (χ0) is 16.5. The minimum atomic E-state index is -0.153. The summed E-state index contributed by atoms with van der Waals surface area (Å²) in [5.74, 6) is 0.0667. The van der Waals surface area contributed by atoms with Gasteiger partial charge in [-0.2, -0.15) is 0 Å². The number of nitrogens with zero attached hydrogens (tertiary/aromatic N) is 2. The zero-order valence-corrected chi connectivity index (χ0v) is 14.2. The molecule has 8 heteroatoms. The van der Waals surface area contributed by atoms with Gasteiger partial charge in [0, 0.05) is 17.8 Å². The number of rotatable bonds is 3. The molecule has 4 rings (SSSR count). The molecule has 3 aromatic rings. The normalized spacial score (nSPS) is 13.6. The summed E-state index contributed by atoms with van der Waals surface area (Å²) < 4.78 is 5.18. The molecule has 122 valence electrons. The summed E-state index contributed by atoms with van der Waals surface area (Å²) in [6.07, 6.45) is 2.17. The largest absolute Gasteiger partial charge is 0.459 e. The second-order valence-electron chi connectivity index (χ2n) is 5.27. The number of hydrogen-bond donors (Lipinski definition) is 1. The number of carbonyl (C=O) groups is 2. The summed E-state index contributed by atoms with van der Waals surface area (Å²) >= 11 is 2.81. The van der Waals surface area contributed by atoms with Gasteiger partial charge in [0.15, 0.2) is 10.9 Å². The van der Waals surface area contributed by atoms with Crippen LogP contribution in [0.25, 0.3) is 0 Å². The lowest BCUT2D eigenvalue weighted by Crippen LogP contribution is -2.35. The fourth-order valence-corrected chi connectivity index (χ4v) is 4.18. The molecule has 0 aliphatic carbocycles. The highest BCUT2D eigenvalue weighted by Crippen LogP contribution is 2.29. The predicted molar refractivity (Wildman–Crippen MR) is 91.5 cm³/mol. The van der Waals surface area contributed by atoms with E-state index in [-0.39, 0.29) is 11.8 Å². The number of furan rings is 1. The van der Waals surface area contributed by atoms with E-state index in [2.05, 4.69) is 10.3 Å². The van der Waals surface area contributed by atoms with E-state index >= 15 is 0 Å². The Kier molecular flexibility index (Phi) is 3.91. The van der Waals surface area contributed by atoms with E-state index in [4.69, 9.17) is 4.42 Å². The Morgan fingerprint density at radius 1 is 1.29 bits per heavy atom. The summed E-state index contributed by atoms with van der Waals surface area (Å²) in [6, 6.07) is 6.98. The predicted octanol–water partition coefficient (Wildman–Crippen LogP) is 3.25. The van der Waals surface area contributed by atoms with Crippen LogP contribution in [0, 0.1) is 0 Å². The molecule has 0 saturated carbocycles. The fraction of sp³-hybridized carbons (Fsp3) is 0.188.